The zero-order chi connectivity index (χ0) is 24.1. The van der Waals surface area contributed by atoms with Crippen LogP contribution in [-0.4, -0.2) is 18.4 Å². The summed E-state index contributed by atoms with van der Waals surface area (Å²) in [7, 11) is 0. The van der Waals surface area contributed by atoms with Crippen LogP contribution in [0, 0.1) is 29.1 Å². The second-order valence-corrected chi connectivity index (χ2v) is 7.98. The van der Waals surface area contributed by atoms with Gasteiger partial charge in [0.05, 0.1) is 0 Å². The van der Waals surface area contributed by atoms with Crippen molar-refractivity contribution < 1.29 is 36.3 Å². The van der Waals surface area contributed by atoms with Crippen molar-refractivity contribution in [1.29, 1.82) is 0 Å². The molecule has 9 heteroatoms. The second kappa shape index (κ2) is 7.99. The quantitative estimate of drug-likeness (QED) is 0.356. The van der Waals surface area contributed by atoms with Crippen LogP contribution in [0.2, 0.25) is 0 Å². The van der Waals surface area contributed by atoms with Gasteiger partial charge in [-0.25, -0.2) is 22.0 Å². The molecule has 1 heterocycles. The molecule has 0 saturated carbocycles. The van der Waals surface area contributed by atoms with Gasteiger partial charge in [-0.15, -0.1) is 0 Å². The molecular formula is C24H16F5NO3. The summed E-state index contributed by atoms with van der Waals surface area (Å²) in [6, 6.07) is 8.02. The molecule has 1 amide bonds. The number of rotatable bonds is 1. The first-order valence-corrected chi connectivity index (χ1v) is 9.76. The van der Waals surface area contributed by atoms with Gasteiger partial charge >= 0.3 is 5.97 Å². The first-order valence-electron chi connectivity index (χ1n) is 9.76. The van der Waals surface area contributed by atoms with Gasteiger partial charge in [-0.2, -0.15) is 0 Å². The highest BCUT2D eigenvalue weighted by Crippen LogP contribution is 2.39. The molecule has 1 aliphatic rings. The Bertz CT molecular complexity index is 1280. The molecule has 1 aliphatic heterocycles. The van der Waals surface area contributed by atoms with E-state index in [1.165, 1.54) is 38.1 Å². The zero-order valence-corrected chi connectivity index (χ0v) is 17.4. The van der Waals surface area contributed by atoms with E-state index in [9.17, 15) is 31.5 Å². The Morgan fingerprint density at radius 2 is 1.52 bits per heavy atom. The normalized spacial score (nSPS) is 15.0. The van der Waals surface area contributed by atoms with Crippen LogP contribution in [0.4, 0.5) is 27.6 Å². The Labute approximate surface area is 185 Å². The first kappa shape index (κ1) is 22.4. The summed E-state index contributed by atoms with van der Waals surface area (Å²) >= 11 is 0. The summed E-state index contributed by atoms with van der Waals surface area (Å²) in [5.41, 5.74) is -2.40. The van der Waals surface area contributed by atoms with E-state index >= 15 is 0 Å². The molecule has 3 aromatic rings. The molecule has 0 saturated heterocycles. The van der Waals surface area contributed by atoms with Gasteiger partial charge in [-0.1, -0.05) is 12.1 Å². The summed E-state index contributed by atoms with van der Waals surface area (Å²) in [5.74, 6) is -8.19. The molecule has 0 atom stereocenters. The van der Waals surface area contributed by atoms with Crippen molar-refractivity contribution in [3.05, 3.63) is 88.7 Å². The number of benzene rings is 3. The predicted molar refractivity (Wildman–Crippen MR) is 109 cm³/mol. The number of ether oxygens (including phenoxy) is 1. The number of carbonyl (C=O) groups excluding carboxylic acids is 2. The van der Waals surface area contributed by atoms with Crippen molar-refractivity contribution in [2.75, 3.05) is 11.4 Å². The summed E-state index contributed by atoms with van der Waals surface area (Å²) in [5, 5.41) is 0. The minimum Gasteiger partial charge on any atom is -0.453 e. The third kappa shape index (κ3) is 4.06. The van der Waals surface area contributed by atoms with Crippen molar-refractivity contribution in [2.24, 2.45) is 0 Å². The molecule has 0 unspecified atom stereocenters. The lowest BCUT2D eigenvalue weighted by atomic mass is 9.88. The smallest absolute Gasteiger partial charge is 0.326 e. The van der Waals surface area contributed by atoms with Gasteiger partial charge in [0.2, 0.25) is 0 Å². The maximum absolute atomic E-state index is 14.9. The number of nitrogens with zero attached hydrogens (tertiary/aromatic N) is 1. The number of hydrogen-bond donors (Lipinski definition) is 0. The van der Waals surface area contributed by atoms with Crippen LogP contribution in [0.15, 0.2) is 48.5 Å². The lowest BCUT2D eigenvalue weighted by Gasteiger charge is -2.32. The first-order chi connectivity index (χ1) is 15.5. The van der Waals surface area contributed by atoms with Gasteiger partial charge in [0.1, 0.15) is 46.8 Å². The standard InChI is InChI=1S/C24H16F5NO3/c1-24(2)16-7-13(25)8-17(27)21(16)12-4-3-5-15(6-12)30(11-20(31)33-24)23(32)22-18(28)9-14(26)10-19(22)29/h3-10H,11H2,1-2H3. The van der Waals surface area contributed by atoms with E-state index in [0.717, 1.165) is 11.0 Å². The average Bonchev–Trinajstić information content (AvgIpc) is 2.69. The van der Waals surface area contributed by atoms with Crippen LogP contribution in [0.1, 0.15) is 29.8 Å². The van der Waals surface area contributed by atoms with Gasteiger partial charge < -0.3 is 4.74 Å². The number of esters is 1. The minimum absolute atomic E-state index is 0.00745. The fraction of sp³-hybridized carbons (Fsp3) is 0.167. The van der Waals surface area contributed by atoms with E-state index in [4.69, 9.17) is 4.74 Å². The second-order valence-electron chi connectivity index (χ2n) is 7.98. The summed E-state index contributed by atoms with van der Waals surface area (Å²) in [6.07, 6.45) is 0. The SMILES string of the molecule is CC1(C)OC(=O)CN(C(=O)c2c(F)cc(F)cc2F)c2cccc(c2)-c2c(F)cc(F)cc21. The van der Waals surface area contributed by atoms with Gasteiger partial charge in [0.15, 0.2) is 0 Å². The maximum atomic E-state index is 14.9. The molecule has 3 aromatic carbocycles. The fourth-order valence-electron chi connectivity index (χ4n) is 3.83. The number of halogens is 5. The van der Waals surface area contributed by atoms with Crippen LogP contribution >= 0.6 is 0 Å². The van der Waals surface area contributed by atoms with Crippen LogP contribution in [0.5, 0.6) is 0 Å². The van der Waals surface area contributed by atoms with Gasteiger partial charge in [-0.05, 0) is 37.6 Å². The fourth-order valence-corrected chi connectivity index (χ4v) is 3.83. The summed E-state index contributed by atoms with van der Waals surface area (Å²) in [4.78, 5) is 26.5. The van der Waals surface area contributed by atoms with E-state index in [1.54, 1.807) is 0 Å². The molecular weight excluding hydrogens is 445 g/mol. The van der Waals surface area contributed by atoms with Crippen molar-refractivity contribution in [2.45, 2.75) is 19.4 Å². The Morgan fingerprint density at radius 1 is 0.909 bits per heavy atom. The molecule has 0 fully saturated rings. The monoisotopic (exact) mass is 461 g/mol. The molecule has 0 spiro atoms. The number of hydrogen-bond acceptors (Lipinski definition) is 3. The summed E-state index contributed by atoms with van der Waals surface area (Å²) < 4.78 is 76.2. The number of carbonyl (C=O) groups is 2. The van der Waals surface area contributed by atoms with Crippen LogP contribution < -0.4 is 4.90 Å². The Kier molecular flexibility index (Phi) is 5.43. The van der Waals surface area contributed by atoms with E-state index in [1.807, 2.05) is 0 Å². The topological polar surface area (TPSA) is 46.6 Å². The van der Waals surface area contributed by atoms with Crippen LogP contribution in [-0.2, 0) is 15.1 Å². The molecule has 170 valence electrons. The van der Waals surface area contributed by atoms with E-state index < -0.39 is 58.7 Å². The van der Waals surface area contributed by atoms with Crippen molar-refractivity contribution >= 4 is 17.6 Å². The number of anilines is 1. The highest BCUT2D eigenvalue weighted by molar-refractivity contribution is 6.09. The molecule has 4 nitrogen and oxygen atoms in total. The van der Waals surface area contributed by atoms with E-state index in [-0.39, 0.29) is 22.4 Å². The molecule has 0 N–H and O–H groups in total. The van der Waals surface area contributed by atoms with E-state index in [2.05, 4.69) is 0 Å². The average molecular weight is 461 g/mol. The predicted octanol–water partition coefficient (Wildman–Crippen LogP) is 5.49. The third-order valence-corrected chi connectivity index (χ3v) is 5.27. The van der Waals surface area contributed by atoms with Gasteiger partial charge in [0, 0.05) is 35.0 Å². The molecule has 33 heavy (non-hydrogen) atoms. The molecule has 0 aliphatic carbocycles. The minimum atomic E-state index is -1.52. The molecule has 0 radical (unpaired) electrons. The molecule has 4 rings (SSSR count). The highest BCUT2D eigenvalue weighted by Gasteiger charge is 2.35. The lowest BCUT2D eigenvalue weighted by molar-refractivity contribution is -0.155. The largest absolute Gasteiger partial charge is 0.453 e. The third-order valence-electron chi connectivity index (χ3n) is 5.27. The van der Waals surface area contributed by atoms with Crippen molar-refractivity contribution in [1.82, 2.24) is 0 Å². The number of amides is 1. The highest BCUT2D eigenvalue weighted by atomic mass is 19.2. The Balaban J connectivity index is 1.94. The summed E-state index contributed by atoms with van der Waals surface area (Å²) in [6.45, 7) is 2.06. The zero-order valence-electron chi connectivity index (χ0n) is 17.4. The molecule has 2 bridgehead atoms. The van der Waals surface area contributed by atoms with Crippen LogP contribution in [0.25, 0.3) is 11.1 Å². The van der Waals surface area contributed by atoms with Gasteiger partial charge in [-0.3, -0.25) is 14.5 Å². The number of fused-ring (bicyclic) bond motifs is 4. The van der Waals surface area contributed by atoms with Crippen LogP contribution in [0.3, 0.4) is 0 Å². The maximum Gasteiger partial charge on any atom is 0.326 e. The number of cyclic esters (lactones) is 1. The van der Waals surface area contributed by atoms with Crippen molar-refractivity contribution in [3.8, 4) is 11.1 Å². The molecule has 0 aromatic heterocycles. The van der Waals surface area contributed by atoms with E-state index in [0.29, 0.717) is 18.2 Å². The lowest BCUT2D eigenvalue weighted by Crippen LogP contribution is -2.40. The van der Waals surface area contributed by atoms with Crippen molar-refractivity contribution in [3.63, 3.8) is 0 Å². The van der Waals surface area contributed by atoms with Gasteiger partial charge in [0.25, 0.3) is 5.91 Å². The Hall–Kier alpha value is -3.75. The Morgan fingerprint density at radius 3 is 2.18 bits per heavy atom.